The van der Waals surface area contributed by atoms with Gasteiger partial charge in [0.05, 0.1) is 13.2 Å². The van der Waals surface area contributed by atoms with Crippen molar-refractivity contribution in [2.75, 3.05) is 11.9 Å². The maximum absolute atomic E-state index is 12.2. The molecule has 0 saturated carbocycles. The number of carbonyl (C=O) groups is 1. The zero-order valence-electron chi connectivity index (χ0n) is 17.1. The first-order valence-corrected chi connectivity index (χ1v) is 9.67. The highest BCUT2D eigenvalue weighted by molar-refractivity contribution is 6.30. The fraction of sp³-hybridized carbons (Fsp3) is 0.524. The van der Waals surface area contributed by atoms with E-state index in [0.29, 0.717) is 36.3 Å². The SMILES string of the molecule is Cc1cc(NC(=O)CC(C)(C)C)nn1Cc1cc(Cl)ccc1OCC(C)C. The smallest absolute Gasteiger partial charge is 0.226 e. The Hall–Kier alpha value is -2.01. The van der Waals surface area contributed by atoms with E-state index < -0.39 is 0 Å². The second-order valence-corrected chi connectivity index (χ2v) is 9.01. The van der Waals surface area contributed by atoms with Crippen LogP contribution in [0.15, 0.2) is 24.3 Å². The lowest BCUT2D eigenvalue weighted by Crippen LogP contribution is -2.20. The maximum Gasteiger partial charge on any atom is 0.226 e. The van der Waals surface area contributed by atoms with Gasteiger partial charge in [0.2, 0.25) is 5.91 Å². The van der Waals surface area contributed by atoms with Crippen molar-refractivity contribution in [3.63, 3.8) is 0 Å². The molecule has 27 heavy (non-hydrogen) atoms. The highest BCUT2D eigenvalue weighted by Gasteiger charge is 2.17. The standard InChI is InChI=1S/C21H30ClN3O2/c1-14(2)13-27-18-8-7-17(22)10-16(18)12-25-15(3)9-19(24-25)23-20(26)11-21(4,5)6/h7-10,14H,11-13H2,1-6H3,(H,23,24,26). The van der Waals surface area contributed by atoms with Crippen LogP contribution in [0, 0.1) is 18.3 Å². The first kappa shape index (κ1) is 21.3. The summed E-state index contributed by atoms with van der Waals surface area (Å²) >= 11 is 6.18. The molecule has 0 aliphatic heterocycles. The zero-order valence-corrected chi connectivity index (χ0v) is 17.9. The van der Waals surface area contributed by atoms with Gasteiger partial charge < -0.3 is 10.1 Å². The summed E-state index contributed by atoms with van der Waals surface area (Å²) in [6, 6.07) is 7.50. The summed E-state index contributed by atoms with van der Waals surface area (Å²) in [4.78, 5) is 12.2. The van der Waals surface area contributed by atoms with Crippen LogP contribution >= 0.6 is 11.6 Å². The average molecular weight is 392 g/mol. The van der Waals surface area contributed by atoms with Crippen molar-refractivity contribution < 1.29 is 9.53 Å². The number of rotatable bonds is 7. The van der Waals surface area contributed by atoms with Gasteiger partial charge in [0.15, 0.2) is 5.82 Å². The molecular weight excluding hydrogens is 362 g/mol. The normalized spacial score (nSPS) is 11.7. The summed E-state index contributed by atoms with van der Waals surface area (Å²) in [6.45, 7) is 13.5. The number of amides is 1. The molecule has 1 aromatic heterocycles. The zero-order chi connectivity index (χ0) is 20.2. The van der Waals surface area contributed by atoms with E-state index in [0.717, 1.165) is 17.0 Å². The molecule has 1 amide bonds. The molecule has 0 aliphatic rings. The van der Waals surface area contributed by atoms with E-state index in [1.807, 2.05) is 56.6 Å². The van der Waals surface area contributed by atoms with Crippen molar-refractivity contribution in [1.29, 1.82) is 0 Å². The monoisotopic (exact) mass is 391 g/mol. The van der Waals surface area contributed by atoms with Crippen molar-refractivity contribution in [1.82, 2.24) is 9.78 Å². The molecule has 1 N–H and O–H groups in total. The molecule has 0 fully saturated rings. The quantitative estimate of drug-likeness (QED) is 0.696. The molecule has 0 atom stereocenters. The molecule has 0 unspecified atom stereocenters. The predicted molar refractivity (Wildman–Crippen MR) is 111 cm³/mol. The van der Waals surface area contributed by atoms with E-state index in [1.165, 1.54) is 0 Å². The molecule has 2 aromatic rings. The number of nitrogens with zero attached hydrogens (tertiary/aromatic N) is 2. The number of carbonyl (C=O) groups excluding carboxylic acids is 1. The molecule has 148 valence electrons. The van der Waals surface area contributed by atoms with Crippen molar-refractivity contribution >= 4 is 23.3 Å². The number of aryl methyl sites for hydroxylation is 1. The molecule has 0 bridgehead atoms. The number of aromatic nitrogens is 2. The van der Waals surface area contributed by atoms with Gasteiger partial charge >= 0.3 is 0 Å². The van der Waals surface area contributed by atoms with Crippen LogP contribution in [0.4, 0.5) is 5.82 Å². The van der Waals surface area contributed by atoms with E-state index >= 15 is 0 Å². The molecule has 0 saturated heterocycles. The highest BCUT2D eigenvalue weighted by atomic mass is 35.5. The minimum absolute atomic E-state index is 0.0316. The minimum Gasteiger partial charge on any atom is -0.493 e. The minimum atomic E-state index is -0.0643. The highest BCUT2D eigenvalue weighted by Crippen LogP contribution is 2.25. The maximum atomic E-state index is 12.2. The number of halogens is 1. The van der Waals surface area contributed by atoms with Crippen molar-refractivity contribution in [3.05, 3.63) is 40.5 Å². The summed E-state index contributed by atoms with van der Waals surface area (Å²) in [5.74, 6) is 1.77. The van der Waals surface area contributed by atoms with Gasteiger partial charge in [0.1, 0.15) is 5.75 Å². The third-order valence-electron chi connectivity index (χ3n) is 3.85. The lowest BCUT2D eigenvalue weighted by atomic mass is 9.92. The lowest BCUT2D eigenvalue weighted by Gasteiger charge is -2.16. The fourth-order valence-corrected chi connectivity index (χ4v) is 2.82. The number of ether oxygens (including phenoxy) is 1. The van der Waals surface area contributed by atoms with Crippen molar-refractivity contribution in [2.24, 2.45) is 11.3 Å². The summed E-state index contributed by atoms with van der Waals surface area (Å²) < 4.78 is 7.77. The Balaban J connectivity index is 2.15. The second-order valence-electron chi connectivity index (χ2n) is 8.57. The van der Waals surface area contributed by atoms with Crippen LogP contribution in [0.5, 0.6) is 5.75 Å². The largest absolute Gasteiger partial charge is 0.493 e. The van der Waals surface area contributed by atoms with E-state index in [-0.39, 0.29) is 11.3 Å². The molecule has 2 rings (SSSR count). The number of anilines is 1. The van der Waals surface area contributed by atoms with Crippen LogP contribution in [-0.4, -0.2) is 22.3 Å². The van der Waals surface area contributed by atoms with Crippen LogP contribution in [0.1, 0.15) is 52.3 Å². The summed E-state index contributed by atoms with van der Waals surface area (Å²) in [5.41, 5.74) is 1.85. The van der Waals surface area contributed by atoms with Crippen LogP contribution in [0.2, 0.25) is 5.02 Å². The molecular formula is C21H30ClN3O2. The molecule has 1 heterocycles. The Morgan fingerprint density at radius 1 is 1.30 bits per heavy atom. The molecule has 1 aromatic carbocycles. The van der Waals surface area contributed by atoms with Crippen molar-refractivity contribution in [3.8, 4) is 5.75 Å². The Kier molecular flexibility index (Phi) is 6.93. The Morgan fingerprint density at radius 3 is 2.63 bits per heavy atom. The Morgan fingerprint density at radius 2 is 2.00 bits per heavy atom. The van der Waals surface area contributed by atoms with E-state index in [9.17, 15) is 4.79 Å². The van der Waals surface area contributed by atoms with E-state index in [1.54, 1.807) is 0 Å². The number of benzene rings is 1. The van der Waals surface area contributed by atoms with Crippen LogP contribution in [-0.2, 0) is 11.3 Å². The van der Waals surface area contributed by atoms with Gasteiger partial charge in [-0.15, -0.1) is 0 Å². The number of nitrogens with one attached hydrogen (secondary N) is 1. The van der Waals surface area contributed by atoms with Crippen molar-refractivity contribution in [2.45, 2.75) is 54.5 Å². The Bertz CT molecular complexity index is 791. The van der Waals surface area contributed by atoms with Crippen LogP contribution < -0.4 is 10.1 Å². The second kappa shape index (κ2) is 8.79. The average Bonchev–Trinajstić information content (AvgIpc) is 2.83. The Labute approximate surface area is 167 Å². The first-order valence-electron chi connectivity index (χ1n) is 9.29. The molecule has 5 nitrogen and oxygen atoms in total. The molecule has 0 spiro atoms. The number of hydrogen-bond acceptors (Lipinski definition) is 3. The van der Waals surface area contributed by atoms with Gasteiger partial charge in [-0.3, -0.25) is 9.48 Å². The van der Waals surface area contributed by atoms with Gasteiger partial charge in [-0.2, -0.15) is 5.10 Å². The van der Waals surface area contributed by atoms with Gasteiger partial charge in [0, 0.05) is 28.8 Å². The van der Waals surface area contributed by atoms with E-state index in [4.69, 9.17) is 16.3 Å². The summed E-state index contributed by atoms with van der Waals surface area (Å²) in [6.07, 6.45) is 0.445. The lowest BCUT2D eigenvalue weighted by molar-refractivity contribution is -0.117. The third-order valence-corrected chi connectivity index (χ3v) is 4.09. The van der Waals surface area contributed by atoms with Gasteiger partial charge in [0.25, 0.3) is 0 Å². The molecule has 0 aliphatic carbocycles. The topological polar surface area (TPSA) is 56.2 Å². The fourth-order valence-electron chi connectivity index (χ4n) is 2.63. The summed E-state index contributed by atoms with van der Waals surface area (Å²) in [7, 11) is 0. The summed E-state index contributed by atoms with van der Waals surface area (Å²) in [5, 5.41) is 8.07. The third kappa shape index (κ3) is 6.90. The predicted octanol–water partition coefficient (Wildman–Crippen LogP) is 5.30. The van der Waals surface area contributed by atoms with Crippen LogP contribution in [0.3, 0.4) is 0 Å². The molecule has 0 radical (unpaired) electrons. The van der Waals surface area contributed by atoms with E-state index in [2.05, 4.69) is 24.3 Å². The first-order chi connectivity index (χ1) is 12.5. The van der Waals surface area contributed by atoms with Gasteiger partial charge in [-0.25, -0.2) is 0 Å². The van der Waals surface area contributed by atoms with Crippen LogP contribution in [0.25, 0.3) is 0 Å². The van der Waals surface area contributed by atoms with Gasteiger partial charge in [-0.05, 0) is 36.5 Å². The number of hydrogen-bond donors (Lipinski definition) is 1. The molecule has 6 heteroatoms. The van der Waals surface area contributed by atoms with Gasteiger partial charge in [-0.1, -0.05) is 46.2 Å².